The summed E-state index contributed by atoms with van der Waals surface area (Å²) in [6, 6.07) is 10.8. The summed E-state index contributed by atoms with van der Waals surface area (Å²) >= 11 is 0. The fourth-order valence-electron chi connectivity index (χ4n) is 5.91. The van der Waals surface area contributed by atoms with E-state index in [0.29, 0.717) is 11.5 Å². The van der Waals surface area contributed by atoms with Gasteiger partial charge >= 0.3 is 6.09 Å². The van der Waals surface area contributed by atoms with Gasteiger partial charge in [-0.1, -0.05) is 26.0 Å². The molecule has 1 amide bonds. The molecule has 0 aromatic heterocycles. The van der Waals surface area contributed by atoms with E-state index in [9.17, 15) is 4.79 Å². The number of carbonyl (C=O) groups is 1. The third kappa shape index (κ3) is 4.52. The van der Waals surface area contributed by atoms with E-state index in [4.69, 9.17) is 9.47 Å². The Balaban J connectivity index is 1.36. The van der Waals surface area contributed by atoms with E-state index in [-0.39, 0.29) is 29.5 Å². The first-order valence-electron chi connectivity index (χ1n) is 12.5. The van der Waals surface area contributed by atoms with E-state index in [1.54, 1.807) is 6.07 Å². The lowest BCUT2D eigenvalue weighted by Gasteiger charge is -2.44. The van der Waals surface area contributed by atoms with Gasteiger partial charge in [0.1, 0.15) is 17.7 Å². The van der Waals surface area contributed by atoms with Gasteiger partial charge < -0.3 is 14.8 Å². The summed E-state index contributed by atoms with van der Waals surface area (Å²) in [7, 11) is 0. The van der Waals surface area contributed by atoms with Crippen molar-refractivity contribution in [1.82, 2.24) is 10.2 Å². The Morgan fingerprint density at radius 3 is 2.62 bits per heavy atom. The number of alkyl carbamates (subject to hydrolysis) is 1. The zero-order valence-corrected chi connectivity index (χ0v) is 20.6. The molecule has 6 heteroatoms. The minimum absolute atomic E-state index is 0.0495. The lowest BCUT2D eigenvalue weighted by Crippen LogP contribution is -2.53. The number of nitrogens with zero attached hydrogens (tertiary/aromatic N) is 1. The lowest BCUT2D eigenvalue weighted by molar-refractivity contribution is -0.0349. The molecule has 3 fully saturated rings. The number of rotatable bonds is 5. The number of carbonyl (C=O) groups excluding carboxylic acids is 1. The van der Waals surface area contributed by atoms with Gasteiger partial charge in [-0.2, -0.15) is 0 Å². The van der Waals surface area contributed by atoms with Crippen molar-refractivity contribution in [3.05, 3.63) is 53.3 Å². The molecule has 1 unspecified atom stereocenters. The van der Waals surface area contributed by atoms with Crippen molar-refractivity contribution >= 4 is 6.09 Å². The summed E-state index contributed by atoms with van der Waals surface area (Å²) in [4.78, 5) is 15.2. The Hall–Kier alpha value is -2.60. The predicted molar refractivity (Wildman–Crippen MR) is 130 cm³/mol. The first kappa shape index (κ1) is 23.2. The van der Waals surface area contributed by atoms with Crippen molar-refractivity contribution < 1.29 is 18.7 Å². The number of amides is 1. The molecule has 2 aromatic carbocycles. The van der Waals surface area contributed by atoms with Gasteiger partial charge in [0, 0.05) is 12.1 Å². The van der Waals surface area contributed by atoms with Crippen molar-refractivity contribution in [2.75, 3.05) is 19.6 Å². The topological polar surface area (TPSA) is 50.8 Å². The van der Waals surface area contributed by atoms with Crippen LogP contribution in [0.1, 0.15) is 57.7 Å². The first-order chi connectivity index (χ1) is 16.2. The molecular weight excluding hydrogens is 431 g/mol. The Kier molecular flexibility index (Phi) is 6.05. The standard InChI is InChI=1S/C28H35FN2O3/c1-17(2)33-21-7-5-6-19(12-21)22-13-20-15-28(3,4)26(23(20)14-24(22)29)30-27(32)34-25-16-31-10-8-18(25)9-11-31/h5-7,12-14,17-18,25-26H,8-11,15-16H2,1-4H3,(H,30,32)/t25-,26?/m1/s1. The number of hydrogen-bond donors (Lipinski definition) is 1. The molecule has 3 aliphatic heterocycles. The van der Waals surface area contributed by atoms with Gasteiger partial charge in [-0.25, -0.2) is 9.18 Å². The summed E-state index contributed by atoms with van der Waals surface area (Å²) in [5.74, 6) is 0.883. The van der Waals surface area contributed by atoms with Crippen molar-refractivity contribution in [2.45, 2.75) is 65.2 Å². The highest BCUT2D eigenvalue weighted by atomic mass is 19.1. The summed E-state index contributed by atoms with van der Waals surface area (Å²) in [6.07, 6.45) is 2.54. The second-order valence-electron chi connectivity index (χ2n) is 11.0. The third-order valence-electron chi connectivity index (χ3n) is 7.60. The fraction of sp³-hybridized carbons (Fsp3) is 0.536. The van der Waals surface area contributed by atoms with E-state index in [1.165, 1.54) is 0 Å². The maximum Gasteiger partial charge on any atom is 0.407 e. The Morgan fingerprint density at radius 1 is 1.18 bits per heavy atom. The zero-order chi connectivity index (χ0) is 24.0. The predicted octanol–water partition coefficient (Wildman–Crippen LogP) is 5.72. The van der Waals surface area contributed by atoms with Crippen LogP contribution in [0.5, 0.6) is 5.75 Å². The van der Waals surface area contributed by atoms with Gasteiger partial charge in [0.15, 0.2) is 0 Å². The lowest BCUT2D eigenvalue weighted by atomic mass is 9.85. The number of halogens is 1. The number of hydrogen-bond acceptors (Lipinski definition) is 4. The molecule has 6 rings (SSSR count). The molecular formula is C28H35FN2O3. The fourth-order valence-corrected chi connectivity index (χ4v) is 5.91. The largest absolute Gasteiger partial charge is 0.491 e. The highest BCUT2D eigenvalue weighted by molar-refractivity contribution is 5.71. The summed E-state index contributed by atoms with van der Waals surface area (Å²) in [5, 5.41) is 3.08. The minimum atomic E-state index is -0.396. The maximum absolute atomic E-state index is 15.4. The van der Waals surface area contributed by atoms with Crippen LogP contribution >= 0.6 is 0 Å². The average Bonchev–Trinajstić information content (AvgIpc) is 3.02. The summed E-state index contributed by atoms with van der Waals surface area (Å²) in [5.41, 5.74) is 2.99. The monoisotopic (exact) mass is 466 g/mol. The van der Waals surface area contributed by atoms with Crippen LogP contribution in [0.25, 0.3) is 11.1 Å². The number of nitrogens with one attached hydrogen (secondary N) is 1. The molecule has 1 N–H and O–H groups in total. The molecule has 3 saturated heterocycles. The molecule has 2 bridgehead atoms. The van der Waals surface area contributed by atoms with Crippen LogP contribution in [0.15, 0.2) is 36.4 Å². The second kappa shape index (κ2) is 8.88. The molecule has 3 heterocycles. The van der Waals surface area contributed by atoms with E-state index in [2.05, 4.69) is 24.1 Å². The molecule has 5 nitrogen and oxygen atoms in total. The smallest absolute Gasteiger partial charge is 0.407 e. The third-order valence-corrected chi connectivity index (χ3v) is 7.60. The van der Waals surface area contributed by atoms with E-state index in [1.807, 2.05) is 44.2 Å². The molecule has 34 heavy (non-hydrogen) atoms. The van der Waals surface area contributed by atoms with Crippen LogP contribution in [-0.2, 0) is 11.2 Å². The SMILES string of the molecule is CC(C)Oc1cccc(-c2cc3c(cc2F)C(NC(=O)O[C@@H]2CN4CCC2CC4)C(C)(C)C3)c1. The van der Waals surface area contributed by atoms with Gasteiger partial charge in [-0.3, -0.25) is 4.90 Å². The minimum Gasteiger partial charge on any atom is -0.491 e. The van der Waals surface area contributed by atoms with Crippen molar-refractivity contribution in [3.63, 3.8) is 0 Å². The molecule has 2 atom stereocenters. The molecule has 2 aromatic rings. The van der Waals surface area contributed by atoms with E-state index >= 15 is 4.39 Å². The van der Waals surface area contributed by atoms with E-state index in [0.717, 1.165) is 61.3 Å². The molecule has 182 valence electrons. The number of piperidine rings is 3. The number of fused-ring (bicyclic) bond motifs is 4. The van der Waals surface area contributed by atoms with Crippen LogP contribution in [0.3, 0.4) is 0 Å². The van der Waals surface area contributed by atoms with Crippen molar-refractivity contribution in [1.29, 1.82) is 0 Å². The number of benzene rings is 2. The highest BCUT2D eigenvalue weighted by Gasteiger charge is 2.42. The molecule has 0 spiro atoms. The van der Waals surface area contributed by atoms with Crippen molar-refractivity contribution in [2.24, 2.45) is 11.3 Å². The average molecular weight is 467 g/mol. The van der Waals surface area contributed by atoms with Crippen LogP contribution in [-0.4, -0.2) is 42.8 Å². The Labute approximate surface area is 201 Å². The van der Waals surface area contributed by atoms with Gasteiger partial charge in [-0.15, -0.1) is 0 Å². The van der Waals surface area contributed by atoms with Crippen LogP contribution in [0.4, 0.5) is 9.18 Å². The normalized spacial score (nSPS) is 26.9. The second-order valence-corrected chi connectivity index (χ2v) is 11.0. The molecule has 1 aliphatic carbocycles. The van der Waals surface area contributed by atoms with Crippen LogP contribution in [0, 0.1) is 17.2 Å². The first-order valence-corrected chi connectivity index (χ1v) is 12.5. The van der Waals surface area contributed by atoms with E-state index < -0.39 is 6.09 Å². The van der Waals surface area contributed by atoms with Gasteiger partial charge in [-0.05, 0) is 98.5 Å². The quantitative estimate of drug-likeness (QED) is 0.612. The zero-order valence-electron chi connectivity index (χ0n) is 20.6. The Bertz CT molecular complexity index is 1080. The van der Waals surface area contributed by atoms with Crippen LogP contribution < -0.4 is 10.1 Å². The van der Waals surface area contributed by atoms with Crippen LogP contribution in [0.2, 0.25) is 0 Å². The number of ether oxygens (including phenoxy) is 2. The van der Waals surface area contributed by atoms with Gasteiger partial charge in [0.25, 0.3) is 0 Å². The highest BCUT2D eigenvalue weighted by Crippen LogP contribution is 2.47. The summed E-state index contributed by atoms with van der Waals surface area (Å²) in [6.45, 7) is 11.2. The summed E-state index contributed by atoms with van der Waals surface area (Å²) < 4.78 is 27.0. The maximum atomic E-state index is 15.4. The van der Waals surface area contributed by atoms with Crippen molar-refractivity contribution in [3.8, 4) is 16.9 Å². The van der Waals surface area contributed by atoms with Gasteiger partial charge in [0.05, 0.1) is 12.1 Å². The Morgan fingerprint density at radius 2 is 1.94 bits per heavy atom. The molecule has 0 radical (unpaired) electrons. The van der Waals surface area contributed by atoms with Gasteiger partial charge in [0.2, 0.25) is 0 Å². The molecule has 4 aliphatic rings. The molecule has 0 saturated carbocycles.